The number of nitrogens with one attached hydrogen (secondary N) is 3. The third kappa shape index (κ3) is 4.70. The van der Waals surface area contributed by atoms with Gasteiger partial charge in [-0.15, -0.1) is 0 Å². The number of amides is 1. The first-order valence-corrected chi connectivity index (χ1v) is 7.65. The maximum atomic E-state index is 11.6. The molecule has 0 aliphatic rings. The maximum absolute atomic E-state index is 11.6. The van der Waals surface area contributed by atoms with Crippen LogP contribution in [0.15, 0.2) is 48.5 Å². The fraction of sp³-hybridized carbons (Fsp3) is 0.235. The summed E-state index contributed by atoms with van der Waals surface area (Å²) in [5.74, 6) is -0.350. The minimum absolute atomic E-state index is 0.105. The predicted molar refractivity (Wildman–Crippen MR) is 94.5 cm³/mol. The van der Waals surface area contributed by atoms with Gasteiger partial charge in [-0.1, -0.05) is 18.2 Å². The molecule has 1 amide bonds. The van der Waals surface area contributed by atoms with Gasteiger partial charge in [-0.3, -0.25) is 14.9 Å². The van der Waals surface area contributed by atoms with Crippen molar-refractivity contribution in [3.05, 3.63) is 64.2 Å². The average Bonchev–Trinajstić information content (AvgIpc) is 2.61. The fourth-order valence-electron chi connectivity index (χ4n) is 2.22. The third-order valence-corrected chi connectivity index (χ3v) is 3.46. The van der Waals surface area contributed by atoms with Crippen LogP contribution in [0.5, 0.6) is 0 Å². The molecule has 0 bridgehead atoms. The van der Waals surface area contributed by atoms with Crippen molar-refractivity contribution in [2.45, 2.75) is 6.42 Å². The highest BCUT2D eigenvalue weighted by molar-refractivity contribution is 5.95. The first kappa shape index (κ1) is 17.3. The number of nitro groups is 1. The van der Waals surface area contributed by atoms with Crippen molar-refractivity contribution in [2.24, 2.45) is 0 Å². The number of rotatable bonds is 8. The molecular weight excluding hydrogens is 308 g/mol. The minimum atomic E-state index is -0.489. The van der Waals surface area contributed by atoms with Gasteiger partial charge in [0.05, 0.1) is 4.92 Å². The lowest BCUT2D eigenvalue weighted by atomic mass is 10.1. The zero-order chi connectivity index (χ0) is 17.4. The number of nitrogens with zero attached hydrogens (tertiary/aromatic N) is 1. The van der Waals surface area contributed by atoms with E-state index in [1.165, 1.54) is 13.1 Å². The van der Waals surface area contributed by atoms with Gasteiger partial charge in [0.2, 0.25) is 0 Å². The second-order valence-electron chi connectivity index (χ2n) is 5.14. The quantitative estimate of drug-likeness (QED) is 0.393. The first-order chi connectivity index (χ1) is 11.6. The van der Waals surface area contributed by atoms with Crippen molar-refractivity contribution in [1.82, 2.24) is 5.32 Å². The summed E-state index contributed by atoms with van der Waals surface area (Å²) in [6.07, 6.45) is 0.795. The molecule has 0 aliphatic heterocycles. The van der Waals surface area contributed by atoms with E-state index in [0.717, 1.165) is 18.7 Å². The summed E-state index contributed by atoms with van der Waals surface area (Å²) < 4.78 is 0. The van der Waals surface area contributed by atoms with Crippen LogP contribution in [0.25, 0.3) is 0 Å². The molecular formula is C17H20N4O3. The second kappa shape index (κ2) is 8.52. The molecule has 0 radical (unpaired) electrons. The lowest BCUT2D eigenvalue weighted by Crippen LogP contribution is -2.18. The van der Waals surface area contributed by atoms with Gasteiger partial charge in [-0.2, -0.15) is 0 Å². The summed E-state index contributed by atoms with van der Waals surface area (Å²) in [5.41, 5.74) is 1.61. The van der Waals surface area contributed by atoms with Gasteiger partial charge in [-0.05, 0) is 30.7 Å². The van der Waals surface area contributed by atoms with E-state index in [1.54, 1.807) is 12.1 Å². The number of hydrogen-bond acceptors (Lipinski definition) is 5. The van der Waals surface area contributed by atoms with E-state index < -0.39 is 4.92 Å². The number of nitro benzene ring substituents is 1. The Labute approximate surface area is 140 Å². The molecule has 0 aromatic heterocycles. The predicted octanol–water partition coefficient (Wildman–Crippen LogP) is 2.87. The molecule has 7 nitrogen and oxygen atoms in total. The Balaban J connectivity index is 1.89. The molecule has 2 aromatic carbocycles. The lowest BCUT2D eigenvalue weighted by molar-refractivity contribution is -0.384. The zero-order valence-electron chi connectivity index (χ0n) is 13.4. The highest BCUT2D eigenvalue weighted by atomic mass is 16.6. The number of anilines is 2. The van der Waals surface area contributed by atoms with Crippen LogP contribution in [0.1, 0.15) is 16.8 Å². The molecule has 126 valence electrons. The Bertz CT molecular complexity index is 704. The summed E-state index contributed by atoms with van der Waals surface area (Å²) in [5, 5.41) is 20.0. The molecule has 0 atom stereocenters. The fourth-order valence-corrected chi connectivity index (χ4v) is 2.22. The summed E-state index contributed by atoms with van der Waals surface area (Å²) in [4.78, 5) is 22.3. The van der Waals surface area contributed by atoms with E-state index in [9.17, 15) is 14.9 Å². The Kier molecular flexibility index (Phi) is 6.13. The topological polar surface area (TPSA) is 96.3 Å². The molecule has 0 saturated heterocycles. The van der Waals surface area contributed by atoms with E-state index in [2.05, 4.69) is 16.0 Å². The molecule has 24 heavy (non-hydrogen) atoms. The number of hydrogen-bond donors (Lipinski definition) is 3. The van der Waals surface area contributed by atoms with Crippen molar-refractivity contribution in [3.63, 3.8) is 0 Å². The first-order valence-electron chi connectivity index (χ1n) is 7.65. The van der Waals surface area contributed by atoms with E-state index in [1.807, 2.05) is 30.3 Å². The Morgan fingerprint density at radius 2 is 1.79 bits per heavy atom. The van der Waals surface area contributed by atoms with Crippen LogP contribution in [0.3, 0.4) is 0 Å². The molecule has 0 aliphatic carbocycles. The van der Waals surface area contributed by atoms with Crippen LogP contribution in [0.4, 0.5) is 17.1 Å². The molecule has 3 N–H and O–H groups in total. The van der Waals surface area contributed by atoms with E-state index in [-0.39, 0.29) is 17.2 Å². The number of para-hydroxylation sites is 1. The van der Waals surface area contributed by atoms with Gasteiger partial charge in [0.15, 0.2) is 0 Å². The van der Waals surface area contributed by atoms with E-state index in [0.29, 0.717) is 12.2 Å². The minimum Gasteiger partial charge on any atom is -0.385 e. The van der Waals surface area contributed by atoms with Gasteiger partial charge in [0, 0.05) is 37.5 Å². The summed E-state index contributed by atoms with van der Waals surface area (Å²) >= 11 is 0. The summed E-state index contributed by atoms with van der Waals surface area (Å²) in [7, 11) is 1.49. The van der Waals surface area contributed by atoms with Crippen LogP contribution in [0.2, 0.25) is 0 Å². The van der Waals surface area contributed by atoms with Crippen LogP contribution in [-0.4, -0.2) is 31.0 Å². The van der Waals surface area contributed by atoms with E-state index >= 15 is 0 Å². The van der Waals surface area contributed by atoms with Crippen LogP contribution in [0, 0.1) is 10.1 Å². The molecule has 7 heteroatoms. The van der Waals surface area contributed by atoms with Crippen molar-refractivity contribution < 1.29 is 9.72 Å². The SMILES string of the molecule is CNC(=O)c1ccc(NCCCNc2ccccc2)c([N+](=O)[O-])c1. The smallest absolute Gasteiger partial charge is 0.293 e. The van der Waals surface area contributed by atoms with Crippen molar-refractivity contribution >= 4 is 23.0 Å². The van der Waals surface area contributed by atoms with Crippen LogP contribution < -0.4 is 16.0 Å². The molecule has 2 aromatic rings. The zero-order valence-corrected chi connectivity index (χ0v) is 13.4. The summed E-state index contributed by atoms with van der Waals surface area (Å²) in [6, 6.07) is 14.2. The largest absolute Gasteiger partial charge is 0.385 e. The van der Waals surface area contributed by atoms with Crippen LogP contribution in [-0.2, 0) is 0 Å². The third-order valence-electron chi connectivity index (χ3n) is 3.46. The summed E-state index contributed by atoms with van der Waals surface area (Å²) in [6.45, 7) is 1.33. The second-order valence-corrected chi connectivity index (χ2v) is 5.14. The number of carbonyl (C=O) groups excluding carboxylic acids is 1. The molecule has 0 heterocycles. The Morgan fingerprint density at radius 1 is 1.08 bits per heavy atom. The molecule has 2 rings (SSSR count). The van der Waals surface area contributed by atoms with Crippen molar-refractivity contribution in [3.8, 4) is 0 Å². The van der Waals surface area contributed by atoms with Gasteiger partial charge >= 0.3 is 0 Å². The van der Waals surface area contributed by atoms with E-state index in [4.69, 9.17) is 0 Å². The normalized spacial score (nSPS) is 10.0. The highest BCUT2D eigenvalue weighted by Crippen LogP contribution is 2.25. The molecule has 0 unspecified atom stereocenters. The number of carbonyl (C=O) groups is 1. The van der Waals surface area contributed by atoms with Gasteiger partial charge < -0.3 is 16.0 Å². The Hall–Kier alpha value is -3.09. The van der Waals surface area contributed by atoms with Gasteiger partial charge in [0.1, 0.15) is 5.69 Å². The van der Waals surface area contributed by atoms with Gasteiger partial charge in [0.25, 0.3) is 11.6 Å². The van der Waals surface area contributed by atoms with Crippen molar-refractivity contribution in [1.29, 1.82) is 0 Å². The van der Waals surface area contributed by atoms with Gasteiger partial charge in [-0.25, -0.2) is 0 Å². The standard InChI is InChI=1S/C17H20N4O3/c1-18-17(22)13-8-9-15(16(12-13)21(23)24)20-11-5-10-19-14-6-3-2-4-7-14/h2-4,6-9,12,19-20H,5,10-11H2,1H3,(H,18,22). The molecule has 0 spiro atoms. The average molecular weight is 328 g/mol. The molecule has 0 saturated carbocycles. The lowest BCUT2D eigenvalue weighted by Gasteiger charge is -2.09. The molecule has 0 fully saturated rings. The van der Waals surface area contributed by atoms with Crippen molar-refractivity contribution in [2.75, 3.05) is 30.8 Å². The number of benzene rings is 2. The maximum Gasteiger partial charge on any atom is 0.293 e. The Morgan fingerprint density at radius 3 is 2.46 bits per heavy atom. The highest BCUT2D eigenvalue weighted by Gasteiger charge is 2.16. The monoisotopic (exact) mass is 328 g/mol. The van der Waals surface area contributed by atoms with Crippen LogP contribution >= 0.6 is 0 Å².